The van der Waals surface area contributed by atoms with E-state index >= 15 is 0 Å². The number of piperidine rings is 1. The first-order valence-electron chi connectivity index (χ1n) is 5.83. The molecule has 1 unspecified atom stereocenters. The first-order chi connectivity index (χ1) is 8.14. The molecule has 2 heterocycles. The van der Waals surface area contributed by atoms with Crippen molar-refractivity contribution in [2.45, 2.75) is 24.3 Å². The molecule has 1 aromatic heterocycles. The first-order valence-corrected chi connectivity index (χ1v) is 7.27. The average Bonchev–Trinajstić information content (AvgIpc) is 2.84. The predicted octanol–water partition coefficient (Wildman–Crippen LogP) is 0.581. The van der Waals surface area contributed by atoms with Gasteiger partial charge in [-0.2, -0.15) is 4.31 Å². The molecule has 3 N–H and O–H groups in total. The molecule has 1 atom stereocenters. The highest BCUT2D eigenvalue weighted by Crippen LogP contribution is 2.23. The van der Waals surface area contributed by atoms with Gasteiger partial charge in [0.2, 0.25) is 0 Å². The van der Waals surface area contributed by atoms with E-state index in [1.54, 1.807) is 0 Å². The highest BCUT2D eigenvalue weighted by atomic mass is 35.5. The lowest BCUT2D eigenvalue weighted by atomic mass is 9.96. The maximum absolute atomic E-state index is 12.2. The summed E-state index contributed by atoms with van der Waals surface area (Å²) in [6.45, 7) is 1.77. The van der Waals surface area contributed by atoms with Crippen molar-refractivity contribution in [2.75, 3.05) is 19.6 Å². The lowest BCUT2D eigenvalue weighted by Crippen LogP contribution is -2.40. The third-order valence-corrected chi connectivity index (χ3v) is 4.94. The lowest BCUT2D eigenvalue weighted by Gasteiger charge is -2.31. The summed E-state index contributed by atoms with van der Waals surface area (Å²) in [6, 6.07) is 0. The molecule has 8 heteroatoms. The second kappa shape index (κ2) is 6.51. The minimum atomic E-state index is -3.40. The molecule has 1 aromatic rings. The van der Waals surface area contributed by atoms with Crippen LogP contribution in [-0.4, -0.2) is 42.3 Å². The van der Waals surface area contributed by atoms with Crippen LogP contribution < -0.4 is 5.73 Å². The summed E-state index contributed by atoms with van der Waals surface area (Å²) >= 11 is 0. The van der Waals surface area contributed by atoms with Gasteiger partial charge in [0.25, 0.3) is 10.0 Å². The van der Waals surface area contributed by atoms with Gasteiger partial charge in [-0.15, -0.1) is 12.4 Å². The molecule has 0 radical (unpaired) electrons. The van der Waals surface area contributed by atoms with E-state index in [2.05, 4.69) is 9.97 Å². The van der Waals surface area contributed by atoms with Crippen molar-refractivity contribution in [1.29, 1.82) is 0 Å². The van der Waals surface area contributed by atoms with Crippen LogP contribution in [0, 0.1) is 5.92 Å². The van der Waals surface area contributed by atoms with E-state index in [1.807, 2.05) is 0 Å². The Balaban J connectivity index is 0.00000162. The normalized spacial score (nSPS) is 21.5. The number of nitrogens with zero attached hydrogens (tertiary/aromatic N) is 2. The van der Waals surface area contributed by atoms with Crippen LogP contribution in [0.2, 0.25) is 0 Å². The SMILES string of the molecule is Cl.NCCC1CCCN(S(=O)(=O)c2cnc[nH]2)C1. The number of hydrogen-bond donors (Lipinski definition) is 2. The van der Waals surface area contributed by atoms with Gasteiger partial charge in [-0.25, -0.2) is 13.4 Å². The van der Waals surface area contributed by atoms with Crippen molar-refractivity contribution in [3.05, 3.63) is 12.5 Å². The van der Waals surface area contributed by atoms with Crippen molar-refractivity contribution in [2.24, 2.45) is 11.7 Å². The number of rotatable bonds is 4. The number of H-pyrrole nitrogens is 1. The second-order valence-electron chi connectivity index (χ2n) is 4.36. The van der Waals surface area contributed by atoms with Crippen molar-refractivity contribution in [3.8, 4) is 0 Å². The standard InChI is InChI=1S/C10H18N4O2S.ClH/c11-4-3-9-2-1-5-14(7-9)17(15,16)10-6-12-8-13-10;/h6,8-9H,1-5,7,11H2,(H,12,13);1H. The first kappa shape index (κ1) is 15.4. The zero-order valence-corrected chi connectivity index (χ0v) is 11.7. The number of sulfonamides is 1. The van der Waals surface area contributed by atoms with Gasteiger partial charge in [0.1, 0.15) is 0 Å². The van der Waals surface area contributed by atoms with Gasteiger partial charge in [0, 0.05) is 13.1 Å². The van der Waals surface area contributed by atoms with Gasteiger partial charge in [0.15, 0.2) is 5.03 Å². The Morgan fingerprint density at radius 2 is 2.33 bits per heavy atom. The third-order valence-electron chi connectivity index (χ3n) is 3.15. The van der Waals surface area contributed by atoms with Gasteiger partial charge in [0.05, 0.1) is 12.5 Å². The number of halogens is 1. The minimum Gasteiger partial charge on any atom is -0.335 e. The van der Waals surface area contributed by atoms with E-state index in [-0.39, 0.29) is 17.4 Å². The van der Waals surface area contributed by atoms with Crippen molar-refractivity contribution >= 4 is 22.4 Å². The maximum Gasteiger partial charge on any atom is 0.260 e. The van der Waals surface area contributed by atoms with Crippen molar-refractivity contribution < 1.29 is 8.42 Å². The molecule has 1 fully saturated rings. The molecular weight excluding hydrogens is 276 g/mol. The fourth-order valence-corrected chi connectivity index (χ4v) is 3.69. The molecule has 2 rings (SSSR count). The summed E-state index contributed by atoms with van der Waals surface area (Å²) in [5.41, 5.74) is 5.52. The fraction of sp³-hybridized carbons (Fsp3) is 0.700. The van der Waals surface area contributed by atoms with Gasteiger partial charge >= 0.3 is 0 Å². The van der Waals surface area contributed by atoms with E-state index in [0.717, 1.165) is 19.3 Å². The number of aromatic nitrogens is 2. The minimum absolute atomic E-state index is 0. The molecular formula is C10H19ClN4O2S. The zero-order valence-electron chi connectivity index (χ0n) is 10.1. The summed E-state index contributed by atoms with van der Waals surface area (Å²) in [6.07, 6.45) is 5.58. The molecule has 0 saturated carbocycles. The third kappa shape index (κ3) is 3.23. The molecule has 0 bridgehead atoms. The zero-order chi connectivity index (χ0) is 12.3. The van der Waals surface area contributed by atoms with Crippen LogP contribution in [0.5, 0.6) is 0 Å². The van der Waals surface area contributed by atoms with Gasteiger partial charge in [-0.05, 0) is 31.7 Å². The Labute approximate surface area is 113 Å². The maximum atomic E-state index is 12.2. The molecule has 0 aromatic carbocycles. The highest BCUT2D eigenvalue weighted by molar-refractivity contribution is 7.89. The van der Waals surface area contributed by atoms with Crippen molar-refractivity contribution in [3.63, 3.8) is 0 Å². The molecule has 0 spiro atoms. The van der Waals surface area contributed by atoms with E-state index in [0.29, 0.717) is 25.6 Å². The molecule has 1 aliphatic heterocycles. The van der Waals surface area contributed by atoms with E-state index in [4.69, 9.17) is 5.73 Å². The lowest BCUT2D eigenvalue weighted by molar-refractivity contribution is 0.257. The van der Waals surface area contributed by atoms with Crippen molar-refractivity contribution in [1.82, 2.24) is 14.3 Å². The quantitative estimate of drug-likeness (QED) is 0.850. The topological polar surface area (TPSA) is 92.1 Å². The number of imidazole rings is 1. The Morgan fingerprint density at radius 1 is 1.56 bits per heavy atom. The molecule has 0 amide bonds. The van der Waals surface area contributed by atoms with E-state index in [1.165, 1.54) is 16.8 Å². The highest BCUT2D eigenvalue weighted by Gasteiger charge is 2.30. The molecule has 1 aliphatic rings. The molecule has 104 valence electrons. The smallest absolute Gasteiger partial charge is 0.260 e. The van der Waals surface area contributed by atoms with E-state index in [9.17, 15) is 8.42 Å². The van der Waals surface area contributed by atoms with Crippen LogP contribution in [0.3, 0.4) is 0 Å². The van der Waals surface area contributed by atoms with E-state index < -0.39 is 10.0 Å². The average molecular weight is 295 g/mol. The predicted molar refractivity (Wildman–Crippen MR) is 71.0 cm³/mol. The summed E-state index contributed by atoms with van der Waals surface area (Å²) in [4.78, 5) is 6.41. The van der Waals surface area contributed by atoms with Gasteiger partial charge < -0.3 is 10.7 Å². The Kier molecular flexibility index (Phi) is 5.58. The van der Waals surface area contributed by atoms with Crippen LogP contribution >= 0.6 is 12.4 Å². The number of hydrogen-bond acceptors (Lipinski definition) is 4. The van der Waals surface area contributed by atoms with Crippen LogP contribution in [-0.2, 0) is 10.0 Å². The molecule has 1 saturated heterocycles. The Morgan fingerprint density at radius 3 is 2.94 bits per heavy atom. The monoisotopic (exact) mass is 294 g/mol. The summed E-state index contributed by atoms with van der Waals surface area (Å²) in [5, 5.41) is 0.172. The molecule has 0 aliphatic carbocycles. The molecule has 18 heavy (non-hydrogen) atoms. The summed E-state index contributed by atoms with van der Waals surface area (Å²) < 4.78 is 26.0. The molecule has 6 nitrogen and oxygen atoms in total. The Hall–Kier alpha value is -0.630. The summed E-state index contributed by atoms with van der Waals surface area (Å²) in [7, 11) is -3.40. The largest absolute Gasteiger partial charge is 0.335 e. The van der Waals surface area contributed by atoms with Gasteiger partial charge in [-0.1, -0.05) is 0 Å². The van der Waals surface area contributed by atoms with Crippen LogP contribution in [0.15, 0.2) is 17.6 Å². The summed E-state index contributed by atoms with van der Waals surface area (Å²) in [5.74, 6) is 0.381. The van der Waals surface area contributed by atoms with Gasteiger partial charge in [-0.3, -0.25) is 0 Å². The second-order valence-corrected chi connectivity index (χ2v) is 6.27. The van der Waals surface area contributed by atoms with Crippen LogP contribution in [0.1, 0.15) is 19.3 Å². The van der Waals surface area contributed by atoms with Crippen LogP contribution in [0.25, 0.3) is 0 Å². The fourth-order valence-electron chi connectivity index (χ4n) is 2.24. The Bertz CT molecular complexity index is 446. The number of nitrogens with two attached hydrogens (primary N) is 1. The number of aromatic amines is 1. The van der Waals surface area contributed by atoms with Crippen LogP contribution in [0.4, 0.5) is 0 Å². The number of nitrogens with one attached hydrogen (secondary N) is 1.